The summed E-state index contributed by atoms with van der Waals surface area (Å²) >= 11 is 0. The Morgan fingerprint density at radius 1 is 0.358 bits per heavy atom. The van der Waals surface area contributed by atoms with Crippen LogP contribution < -0.4 is 5.73 Å². The summed E-state index contributed by atoms with van der Waals surface area (Å²) < 4.78 is 0. The summed E-state index contributed by atoms with van der Waals surface area (Å²) in [6, 6.07) is 0. The van der Waals surface area contributed by atoms with E-state index in [0.717, 1.165) is 24.8 Å². The molecule has 0 aliphatic rings. The first-order chi connectivity index (χ1) is 25.7. The molecule has 0 amide bonds. The Labute approximate surface area is 337 Å². The zero-order valence-corrected chi connectivity index (χ0v) is 36.8. The van der Waals surface area contributed by atoms with E-state index in [9.17, 15) is 0 Å². The molecule has 0 aromatic carbocycles. The molecule has 4 nitrogen and oxygen atoms in total. The van der Waals surface area contributed by atoms with E-state index in [1.807, 2.05) is 0 Å². The Balaban J connectivity index is -0.000000929. The average Bonchev–Trinajstić information content (AvgIpc) is 3.16. The molecule has 0 fully saturated rings. The summed E-state index contributed by atoms with van der Waals surface area (Å²) in [4.78, 5) is 2.89. The Bertz CT molecular complexity index is 621. The van der Waals surface area contributed by atoms with Crippen molar-refractivity contribution < 1.29 is 0 Å². The molecule has 0 heterocycles. The highest BCUT2D eigenvalue weighted by molar-refractivity contribution is 4.64. The van der Waals surface area contributed by atoms with Crippen molar-refractivity contribution in [1.29, 1.82) is 0 Å². The standard InChI is InChI=1S/C24H49N3.C24H51N.CH4/c1-3-5-7-9-11-13-15-17-20-24(22-19-23-26-27-25)21-18-16-14-12-10-8-6-4-2;1-3-5-7-9-11-13-15-17-20-24(22-19-23-25)21-18-16-14-12-10-8-6-4-2;/h24H,3-23H2,1-2H3;24H,3-23,25H2,1-2H3;1H4. The van der Waals surface area contributed by atoms with Gasteiger partial charge in [-0.3, -0.25) is 0 Å². The highest BCUT2D eigenvalue weighted by atomic mass is 15.1. The summed E-state index contributed by atoms with van der Waals surface area (Å²) in [6.45, 7) is 10.7. The highest BCUT2D eigenvalue weighted by Gasteiger charge is 2.09. The maximum atomic E-state index is 8.45. The third-order valence-corrected chi connectivity index (χ3v) is 11.6. The second kappa shape index (κ2) is 53.4. The number of rotatable bonds is 43. The van der Waals surface area contributed by atoms with Crippen molar-refractivity contribution >= 4 is 0 Å². The molecule has 0 spiro atoms. The van der Waals surface area contributed by atoms with Gasteiger partial charge in [0.1, 0.15) is 0 Å². The smallest absolute Gasteiger partial charge is 0.0258 e. The van der Waals surface area contributed by atoms with Gasteiger partial charge in [0.15, 0.2) is 0 Å². The molecule has 0 rings (SSSR count). The van der Waals surface area contributed by atoms with Crippen LogP contribution in [0.15, 0.2) is 5.11 Å². The first kappa shape index (κ1) is 56.6. The first-order valence-electron chi connectivity index (χ1n) is 24.4. The third-order valence-electron chi connectivity index (χ3n) is 11.6. The molecule has 0 aliphatic heterocycles. The average molecular weight is 749 g/mol. The van der Waals surface area contributed by atoms with Crippen LogP contribution in [-0.4, -0.2) is 13.1 Å². The third kappa shape index (κ3) is 51.3. The van der Waals surface area contributed by atoms with E-state index in [0.29, 0.717) is 6.54 Å². The summed E-state index contributed by atoms with van der Waals surface area (Å²) in [6.07, 6.45) is 56.3. The van der Waals surface area contributed by atoms with Gasteiger partial charge in [0.25, 0.3) is 0 Å². The maximum Gasteiger partial charge on any atom is 0.0258 e. The molecule has 0 saturated heterocycles. The Kier molecular flexibility index (Phi) is 57.0. The molecule has 0 unspecified atom stereocenters. The lowest BCUT2D eigenvalue weighted by Gasteiger charge is -2.16. The Morgan fingerprint density at radius 2 is 0.585 bits per heavy atom. The lowest BCUT2D eigenvalue weighted by atomic mass is 9.90. The van der Waals surface area contributed by atoms with Crippen LogP contribution >= 0.6 is 0 Å². The Hall–Kier alpha value is -0.730. The second-order valence-corrected chi connectivity index (χ2v) is 16.8. The molecular formula is C49H104N4. The van der Waals surface area contributed by atoms with Crippen molar-refractivity contribution in [3.63, 3.8) is 0 Å². The van der Waals surface area contributed by atoms with Crippen molar-refractivity contribution in [3.8, 4) is 0 Å². The van der Waals surface area contributed by atoms with Gasteiger partial charge >= 0.3 is 0 Å². The van der Waals surface area contributed by atoms with Gasteiger partial charge in [0, 0.05) is 11.5 Å². The molecule has 0 radical (unpaired) electrons. The fourth-order valence-electron chi connectivity index (χ4n) is 8.04. The van der Waals surface area contributed by atoms with E-state index in [1.54, 1.807) is 0 Å². The minimum Gasteiger partial charge on any atom is -0.330 e. The van der Waals surface area contributed by atoms with Crippen LogP contribution in [0, 0.1) is 11.8 Å². The maximum absolute atomic E-state index is 8.45. The normalized spacial score (nSPS) is 11.1. The first-order valence-corrected chi connectivity index (χ1v) is 24.4. The van der Waals surface area contributed by atoms with Gasteiger partial charge in [-0.15, -0.1) is 0 Å². The van der Waals surface area contributed by atoms with Crippen molar-refractivity contribution in [2.75, 3.05) is 13.1 Å². The molecule has 0 aliphatic carbocycles. The minimum atomic E-state index is 0. The van der Waals surface area contributed by atoms with Crippen molar-refractivity contribution in [2.24, 2.45) is 22.7 Å². The van der Waals surface area contributed by atoms with E-state index >= 15 is 0 Å². The van der Waals surface area contributed by atoms with Crippen LogP contribution in [-0.2, 0) is 0 Å². The quantitative estimate of drug-likeness (QED) is 0.0287. The van der Waals surface area contributed by atoms with Crippen LogP contribution in [0.5, 0.6) is 0 Å². The molecule has 0 aromatic rings. The van der Waals surface area contributed by atoms with E-state index in [1.165, 1.54) is 250 Å². The van der Waals surface area contributed by atoms with Gasteiger partial charge in [-0.25, -0.2) is 0 Å². The zero-order chi connectivity index (χ0) is 38.3. The van der Waals surface area contributed by atoms with Gasteiger partial charge in [0.05, 0.1) is 0 Å². The number of hydrogen-bond acceptors (Lipinski definition) is 2. The molecule has 2 N–H and O–H groups in total. The van der Waals surface area contributed by atoms with E-state index in [-0.39, 0.29) is 7.43 Å². The van der Waals surface area contributed by atoms with Crippen molar-refractivity contribution in [1.82, 2.24) is 0 Å². The number of unbranched alkanes of at least 4 members (excludes halogenated alkanes) is 28. The number of nitrogens with zero attached hydrogens (tertiary/aromatic N) is 3. The van der Waals surface area contributed by atoms with E-state index in [4.69, 9.17) is 11.3 Å². The molecule has 53 heavy (non-hydrogen) atoms. The van der Waals surface area contributed by atoms with Crippen molar-refractivity contribution in [2.45, 2.75) is 292 Å². The zero-order valence-electron chi connectivity index (χ0n) is 36.8. The SMILES string of the molecule is C.CCCCCCCCCCC(CCCCCCCCCC)CCCN=[N+]=[N-].CCCCCCCCCCC(CCCN)CCCCCCCCCC. The fourth-order valence-corrected chi connectivity index (χ4v) is 8.04. The van der Waals surface area contributed by atoms with Crippen LogP contribution in [0.3, 0.4) is 0 Å². The van der Waals surface area contributed by atoms with Gasteiger partial charge in [-0.05, 0) is 43.2 Å². The molecule has 0 aromatic heterocycles. The van der Waals surface area contributed by atoms with Gasteiger partial charge in [-0.2, -0.15) is 0 Å². The summed E-state index contributed by atoms with van der Waals surface area (Å²) in [5.41, 5.74) is 14.2. The minimum absolute atomic E-state index is 0. The van der Waals surface area contributed by atoms with Crippen LogP contribution in [0.4, 0.5) is 0 Å². The van der Waals surface area contributed by atoms with Gasteiger partial charge < -0.3 is 5.73 Å². The van der Waals surface area contributed by atoms with Crippen LogP contribution in [0.1, 0.15) is 292 Å². The second-order valence-electron chi connectivity index (χ2n) is 16.8. The highest BCUT2D eigenvalue weighted by Crippen LogP contribution is 2.25. The monoisotopic (exact) mass is 749 g/mol. The molecular weight excluding hydrogens is 645 g/mol. The number of nitrogens with two attached hydrogens (primary N) is 1. The predicted molar refractivity (Wildman–Crippen MR) is 244 cm³/mol. The van der Waals surface area contributed by atoms with E-state index in [2.05, 4.69) is 37.7 Å². The largest absolute Gasteiger partial charge is 0.330 e. The summed E-state index contributed by atoms with van der Waals surface area (Å²) in [7, 11) is 0. The molecule has 320 valence electrons. The van der Waals surface area contributed by atoms with E-state index < -0.39 is 0 Å². The lowest BCUT2D eigenvalue weighted by molar-refractivity contribution is 0.373. The Morgan fingerprint density at radius 3 is 0.830 bits per heavy atom. The fraction of sp³-hybridized carbons (Fsp3) is 1.00. The predicted octanol–water partition coefficient (Wildman–Crippen LogP) is 18.8. The topological polar surface area (TPSA) is 74.8 Å². The van der Waals surface area contributed by atoms with Crippen LogP contribution in [0.25, 0.3) is 10.4 Å². The molecule has 0 saturated carbocycles. The number of hydrogen-bond donors (Lipinski definition) is 1. The number of azide groups is 1. The lowest BCUT2D eigenvalue weighted by Crippen LogP contribution is -2.06. The summed E-state index contributed by atoms with van der Waals surface area (Å²) in [5, 5.41) is 3.71. The summed E-state index contributed by atoms with van der Waals surface area (Å²) in [5.74, 6) is 1.82. The molecule has 0 bridgehead atoms. The van der Waals surface area contributed by atoms with Crippen molar-refractivity contribution in [3.05, 3.63) is 10.4 Å². The van der Waals surface area contributed by atoms with Crippen LogP contribution in [0.2, 0.25) is 0 Å². The molecule has 0 atom stereocenters. The molecule has 4 heteroatoms. The van der Waals surface area contributed by atoms with Gasteiger partial charge in [0.2, 0.25) is 0 Å². The van der Waals surface area contributed by atoms with Gasteiger partial charge in [-0.1, -0.05) is 278 Å².